The molecule has 0 atom stereocenters. The van der Waals surface area contributed by atoms with E-state index in [1.165, 1.54) is 83.1 Å². The molecule has 2 rings (SSSR count). The van der Waals surface area contributed by atoms with Crippen LogP contribution < -0.4 is 7.39 Å². The fourth-order valence-electron chi connectivity index (χ4n) is 5.35. The first kappa shape index (κ1) is 30.6. The van der Waals surface area contributed by atoms with Crippen molar-refractivity contribution in [3.8, 4) is 9.75 Å². The molecule has 0 N–H and O–H groups in total. The van der Waals surface area contributed by atoms with E-state index >= 15 is 0 Å². The molecule has 0 aliphatic carbocycles. The minimum absolute atomic E-state index is 1.31. The van der Waals surface area contributed by atoms with Crippen LogP contribution in [0.25, 0.3) is 9.75 Å². The van der Waals surface area contributed by atoms with E-state index in [1.807, 2.05) is 2.89 Å². The van der Waals surface area contributed by atoms with Gasteiger partial charge in [-0.05, 0) is 0 Å². The van der Waals surface area contributed by atoms with Gasteiger partial charge in [0.2, 0.25) is 0 Å². The van der Waals surface area contributed by atoms with Gasteiger partial charge in [0.25, 0.3) is 0 Å². The van der Waals surface area contributed by atoms with Gasteiger partial charge in [-0.25, -0.2) is 0 Å². The Hall–Kier alpha value is 0.416. The van der Waals surface area contributed by atoms with Crippen molar-refractivity contribution in [2.24, 2.45) is 0 Å². The molecule has 0 bridgehead atoms. The average Bonchev–Trinajstić information content (AvgIpc) is 3.52. The van der Waals surface area contributed by atoms with Gasteiger partial charge in [0.05, 0.1) is 0 Å². The first-order chi connectivity index (χ1) is 16.4. The van der Waals surface area contributed by atoms with Gasteiger partial charge in [-0.3, -0.25) is 0 Å². The Morgan fingerprint density at radius 1 is 0.588 bits per heavy atom. The van der Waals surface area contributed by atoms with Crippen LogP contribution in [-0.2, 0) is 0 Å². The van der Waals surface area contributed by atoms with Crippen LogP contribution >= 0.6 is 22.7 Å². The zero-order valence-corrected chi connectivity index (χ0v) is 28.9. The summed E-state index contributed by atoms with van der Waals surface area (Å²) in [6.07, 6.45) is 17.0. The van der Waals surface area contributed by atoms with Crippen molar-refractivity contribution in [2.45, 2.75) is 137 Å². The van der Waals surface area contributed by atoms with Crippen molar-refractivity contribution < 1.29 is 0 Å². The van der Waals surface area contributed by atoms with Gasteiger partial charge >= 0.3 is 208 Å². The molecule has 0 aliphatic heterocycles. The molecule has 4 heteroatoms. The summed E-state index contributed by atoms with van der Waals surface area (Å²) in [6, 6.07) is 11.5. The van der Waals surface area contributed by atoms with Crippen molar-refractivity contribution in [1.82, 2.24) is 0 Å². The van der Waals surface area contributed by atoms with E-state index in [1.54, 1.807) is 27.6 Å². The Labute approximate surface area is 226 Å². The molecule has 0 saturated heterocycles. The number of hydrogen-bond donors (Lipinski definition) is 0. The van der Waals surface area contributed by atoms with E-state index in [0.29, 0.717) is 0 Å². The molecule has 0 fully saturated rings. The summed E-state index contributed by atoms with van der Waals surface area (Å²) in [5.41, 5.74) is 0. The average molecular weight is 626 g/mol. The zero-order chi connectivity index (χ0) is 24.9. The third-order valence-electron chi connectivity index (χ3n) is 7.83. The Morgan fingerprint density at radius 2 is 1.09 bits per heavy atom. The fourth-order valence-corrected chi connectivity index (χ4v) is 30.0. The standard InChI is InChI=1S/C18H27S2Si.3C4H9.Sn/c1-4-5-6-7-8-9-15-21(2,3)18-13-12-17(20-18)16-11-10-14-19-16;3*1-3-4-2;/h10-13H,4-9,15H2,1-3H3;3*1,3-4H2,2H3;. The van der Waals surface area contributed by atoms with Gasteiger partial charge in [0, 0.05) is 0 Å². The van der Waals surface area contributed by atoms with Crippen molar-refractivity contribution in [1.29, 1.82) is 0 Å². The van der Waals surface area contributed by atoms with Crippen LogP contribution in [0.15, 0.2) is 24.3 Å². The summed E-state index contributed by atoms with van der Waals surface area (Å²) >= 11 is 2.06. The molecule has 0 spiro atoms. The normalized spacial score (nSPS) is 12.5. The summed E-state index contributed by atoms with van der Waals surface area (Å²) in [7, 11) is -1.31. The SMILES string of the molecule is CCCCCCCC[Si](C)(C)c1ccc(-c2cc[c]([Sn]([CH2]CCC)([CH2]CCC)[CH2]CCC)s2)s1. The fraction of sp³-hybridized carbons (Fsp3) is 0.733. The Kier molecular flexibility index (Phi) is 14.7. The van der Waals surface area contributed by atoms with Crippen LogP contribution in [-0.4, -0.2) is 26.5 Å². The molecule has 34 heavy (non-hydrogen) atoms. The summed E-state index contributed by atoms with van der Waals surface area (Å²) in [6.45, 7) is 14.7. The second-order valence-electron chi connectivity index (χ2n) is 11.3. The van der Waals surface area contributed by atoms with Gasteiger partial charge in [-0.15, -0.1) is 0 Å². The molecular weight excluding hydrogens is 571 g/mol. The quantitative estimate of drug-likeness (QED) is 0.108. The monoisotopic (exact) mass is 626 g/mol. The second-order valence-corrected chi connectivity index (χ2v) is 32.8. The van der Waals surface area contributed by atoms with Gasteiger partial charge in [0.1, 0.15) is 0 Å². The Bertz CT molecular complexity index is 770. The molecule has 2 aromatic rings. The first-order valence-electron chi connectivity index (χ1n) is 14.6. The molecule has 194 valence electrons. The van der Waals surface area contributed by atoms with Crippen LogP contribution in [0.2, 0.25) is 32.4 Å². The molecule has 0 aromatic carbocycles. The summed E-state index contributed by atoms with van der Waals surface area (Å²) in [5.74, 6) is 0. The number of thiophene rings is 2. The van der Waals surface area contributed by atoms with E-state index in [4.69, 9.17) is 0 Å². The second kappa shape index (κ2) is 16.3. The third-order valence-corrected chi connectivity index (χ3v) is 33.3. The van der Waals surface area contributed by atoms with Crippen LogP contribution in [0.1, 0.15) is 105 Å². The predicted octanol–water partition coefficient (Wildman–Crippen LogP) is 10.8. The summed E-state index contributed by atoms with van der Waals surface area (Å²) < 4.78 is 8.36. The van der Waals surface area contributed by atoms with Gasteiger partial charge in [-0.2, -0.15) is 0 Å². The molecule has 0 saturated carbocycles. The molecule has 0 aliphatic rings. The van der Waals surface area contributed by atoms with Crippen LogP contribution in [0.4, 0.5) is 0 Å². The first-order valence-corrected chi connectivity index (χ1v) is 27.0. The molecule has 2 aromatic heterocycles. The van der Waals surface area contributed by atoms with Crippen molar-refractivity contribution >= 4 is 56.5 Å². The molecule has 0 radical (unpaired) electrons. The van der Waals surface area contributed by atoms with E-state index in [9.17, 15) is 0 Å². The van der Waals surface area contributed by atoms with E-state index in [0.717, 1.165) is 0 Å². The third kappa shape index (κ3) is 9.38. The van der Waals surface area contributed by atoms with Crippen molar-refractivity contribution in [2.75, 3.05) is 0 Å². The molecule has 0 amide bonds. The van der Waals surface area contributed by atoms with E-state index in [2.05, 4.69) is 87.7 Å². The predicted molar refractivity (Wildman–Crippen MR) is 167 cm³/mol. The van der Waals surface area contributed by atoms with E-state index < -0.39 is 26.5 Å². The Balaban J connectivity index is 2.14. The molecule has 0 nitrogen and oxygen atoms in total. The van der Waals surface area contributed by atoms with Crippen molar-refractivity contribution in [3.63, 3.8) is 0 Å². The topological polar surface area (TPSA) is 0 Å². The van der Waals surface area contributed by atoms with Gasteiger partial charge in [-0.1, -0.05) is 19.8 Å². The van der Waals surface area contributed by atoms with Gasteiger partial charge < -0.3 is 0 Å². The van der Waals surface area contributed by atoms with Crippen molar-refractivity contribution in [3.05, 3.63) is 24.3 Å². The molecular formula is C30H54S2SiSn. The van der Waals surface area contributed by atoms with E-state index in [-0.39, 0.29) is 0 Å². The van der Waals surface area contributed by atoms with Crippen LogP contribution in [0.5, 0.6) is 0 Å². The molecule has 2 heterocycles. The van der Waals surface area contributed by atoms with Crippen LogP contribution in [0.3, 0.4) is 0 Å². The number of unbranched alkanes of at least 4 members (excludes halogenated alkanes) is 8. The maximum absolute atomic E-state index is 2.61. The molecule has 0 unspecified atom stereocenters. The summed E-state index contributed by atoms with van der Waals surface area (Å²) in [5, 5.41) is 0. The summed E-state index contributed by atoms with van der Waals surface area (Å²) in [4.78, 5) is 3.12. The Morgan fingerprint density at radius 3 is 1.68 bits per heavy atom. The zero-order valence-electron chi connectivity index (χ0n) is 23.4. The van der Waals surface area contributed by atoms with Gasteiger partial charge in [0.15, 0.2) is 0 Å². The van der Waals surface area contributed by atoms with Crippen LogP contribution in [0, 0.1) is 0 Å². The number of hydrogen-bond acceptors (Lipinski definition) is 2. The minimum atomic E-state index is -2.29. The number of rotatable bonds is 19. The maximum atomic E-state index is 2.61.